The number of pyridine rings is 1. The van der Waals surface area contributed by atoms with Crippen LogP contribution in [0.5, 0.6) is 0 Å². The van der Waals surface area contributed by atoms with E-state index in [0.717, 1.165) is 11.8 Å². The molecule has 1 aromatic heterocycles. The Kier molecular flexibility index (Phi) is 4.11. The van der Waals surface area contributed by atoms with Crippen LogP contribution in [-0.4, -0.2) is 33.9 Å². The van der Waals surface area contributed by atoms with Gasteiger partial charge >= 0.3 is 11.9 Å². The van der Waals surface area contributed by atoms with Crippen molar-refractivity contribution in [2.75, 3.05) is 7.11 Å². The molecule has 0 aromatic carbocycles. The number of methoxy groups -OCH3 is 1. The predicted molar refractivity (Wildman–Crippen MR) is 63.1 cm³/mol. The lowest BCUT2D eigenvalue weighted by Crippen LogP contribution is -2.26. The highest BCUT2D eigenvalue weighted by atomic mass is 32.2. The van der Waals surface area contributed by atoms with Gasteiger partial charge in [-0.3, -0.25) is 4.79 Å². The van der Waals surface area contributed by atoms with Crippen molar-refractivity contribution in [3.8, 4) is 0 Å². The summed E-state index contributed by atoms with van der Waals surface area (Å²) in [5, 5.41) is 9.00. The van der Waals surface area contributed by atoms with Gasteiger partial charge in [-0.2, -0.15) is 0 Å². The third-order valence-corrected chi connectivity index (χ3v) is 3.19. The highest BCUT2D eigenvalue weighted by molar-refractivity contribution is 8.01. The first-order chi connectivity index (χ1) is 7.86. The van der Waals surface area contributed by atoms with Crippen molar-refractivity contribution in [1.29, 1.82) is 0 Å². The normalized spacial score (nSPS) is 11.0. The van der Waals surface area contributed by atoms with E-state index in [1.165, 1.54) is 19.4 Å². The number of nitrogens with zero attached hydrogens (tertiary/aromatic N) is 1. The molecule has 92 valence electrons. The second-order valence-corrected chi connectivity index (χ2v) is 5.48. The van der Waals surface area contributed by atoms with Crippen molar-refractivity contribution in [2.45, 2.75) is 23.5 Å². The number of carbonyl (C=O) groups is 2. The Labute approximate surface area is 103 Å². The fraction of sp³-hybridized carbons (Fsp3) is 0.364. The zero-order valence-corrected chi connectivity index (χ0v) is 10.6. The molecule has 1 heterocycles. The molecule has 1 N–H and O–H groups in total. The van der Waals surface area contributed by atoms with Gasteiger partial charge in [-0.1, -0.05) is 0 Å². The summed E-state index contributed by atoms with van der Waals surface area (Å²) in [7, 11) is 1.27. The molecule has 17 heavy (non-hydrogen) atoms. The summed E-state index contributed by atoms with van der Waals surface area (Å²) in [6.07, 6.45) is 1.45. The number of aliphatic carboxylic acids is 1. The highest BCUT2D eigenvalue weighted by Crippen LogP contribution is 2.32. The third kappa shape index (κ3) is 3.45. The van der Waals surface area contributed by atoms with Crippen LogP contribution in [0.2, 0.25) is 0 Å². The van der Waals surface area contributed by atoms with E-state index in [4.69, 9.17) is 5.11 Å². The summed E-state index contributed by atoms with van der Waals surface area (Å²) >= 11 is 1.15. The summed E-state index contributed by atoms with van der Waals surface area (Å²) in [5.41, 5.74) is 0.165. The first kappa shape index (κ1) is 13.5. The molecule has 0 fully saturated rings. The van der Waals surface area contributed by atoms with Gasteiger partial charge in [-0.15, -0.1) is 11.8 Å². The van der Waals surface area contributed by atoms with Crippen molar-refractivity contribution in [3.63, 3.8) is 0 Å². The fourth-order valence-corrected chi connectivity index (χ4v) is 2.01. The molecule has 6 heteroatoms. The monoisotopic (exact) mass is 255 g/mol. The van der Waals surface area contributed by atoms with E-state index < -0.39 is 16.7 Å². The number of carboxylic acids is 1. The zero-order chi connectivity index (χ0) is 13.1. The smallest absolute Gasteiger partial charge is 0.356 e. The molecule has 0 radical (unpaired) electrons. The zero-order valence-electron chi connectivity index (χ0n) is 9.76. The Morgan fingerprint density at radius 1 is 1.47 bits per heavy atom. The minimum Gasteiger partial charge on any atom is -0.480 e. The van der Waals surface area contributed by atoms with Gasteiger partial charge in [0.05, 0.1) is 7.11 Å². The second-order valence-electron chi connectivity index (χ2n) is 3.79. The molecular formula is C11H13NO4S. The molecule has 1 aromatic rings. The Hall–Kier alpha value is -1.56. The van der Waals surface area contributed by atoms with Crippen molar-refractivity contribution >= 4 is 23.7 Å². The van der Waals surface area contributed by atoms with Crippen LogP contribution < -0.4 is 0 Å². The van der Waals surface area contributed by atoms with Gasteiger partial charge < -0.3 is 9.84 Å². The Bertz CT molecular complexity index is 445. The largest absolute Gasteiger partial charge is 0.480 e. The first-order valence-electron chi connectivity index (χ1n) is 4.83. The van der Waals surface area contributed by atoms with E-state index in [0.29, 0.717) is 4.90 Å². The van der Waals surface area contributed by atoms with Gasteiger partial charge in [0.2, 0.25) is 0 Å². The van der Waals surface area contributed by atoms with E-state index in [1.807, 2.05) is 0 Å². The van der Waals surface area contributed by atoms with Gasteiger partial charge in [0.15, 0.2) is 0 Å². The molecule has 0 unspecified atom stereocenters. The Morgan fingerprint density at radius 2 is 2.12 bits per heavy atom. The van der Waals surface area contributed by atoms with Crippen LogP contribution in [0, 0.1) is 0 Å². The number of thioether (sulfide) groups is 1. The second kappa shape index (κ2) is 5.18. The van der Waals surface area contributed by atoms with Crippen molar-refractivity contribution in [3.05, 3.63) is 24.0 Å². The average Bonchev–Trinajstić information content (AvgIpc) is 2.27. The van der Waals surface area contributed by atoms with Crippen LogP contribution in [-0.2, 0) is 9.53 Å². The van der Waals surface area contributed by atoms with Gasteiger partial charge in [0, 0.05) is 11.1 Å². The minimum absolute atomic E-state index is 0.165. The lowest BCUT2D eigenvalue weighted by molar-refractivity contribution is -0.138. The van der Waals surface area contributed by atoms with Crippen LogP contribution in [0.15, 0.2) is 23.2 Å². The van der Waals surface area contributed by atoms with Crippen molar-refractivity contribution in [2.24, 2.45) is 0 Å². The van der Waals surface area contributed by atoms with E-state index in [9.17, 15) is 9.59 Å². The van der Waals surface area contributed by atoms with Gasteiger partial charge in [0.25, 0.3) is 0 Å². The quantitative estimate of drug-likeness (QED) is 0.653. The maximum absolute atomic E-state index is 11.3. The first-order valence-corrected chi connectivity index (χ1v) is 5.65. The third-order valence-electron chi connectivity index (χ3n) is 2.01. The predicted octanol–water partition coefficient (Wildman–Crippen LogP) is 1.82. The van der Waals surface area contributed by atoms with E-state index in [1.54, 1.807) is 19.9 Å². The molecule has 0 aliphatic rings. The summed E-state index contributed by atoms with van der Waals surface area (Å²) in [5.74, 6) is -1.46. The summed E-state index contributed by atoms with van der Waals surface area (Å²) in [6, 6.07) is 3.17. The molecule has 5 nitrogen and oxygen atoms in total. The standard InChI is InChI=1S/C11H13NO4S/c1-11(2,10(14)15)17-7-4-5-12-8(6-7)9(13)16-3/h4-6H,1-3H3,(H,14,15). The summed E-state index contributed by atoms with van der Waals surface area (Å²) in [6.45, 7) is 3.19. The average molecular weight is 255 g/mol. The van der Waals surface area contributed by atoms with Gasteiger partial charge in [-0.05, 0) is 26.0 Å². The minimum atomic E-state index is -0.964. The number of ether oxygens (including phenoxy) is 1. The number of hydrogen-bond acceptors (Lipinski definition) is 5. The van der Waals surface area contributed by atoms with Crippen LogP contribution >= 0.6 is 11.8 Å². The maximum Gasteiger partial charge on any atom is 0.356 e. The van der Waals surface area contributed by atoms with Crippen molar-refractivity contribution < 1.29 is 19.4 Å². The highest BCUT2D eigenvalue weighted by Gasteiger charge is 2.28. The number of esters is 1. The number of carboxylic acid groups (broad SMARTS) is 1. The van der Waals surface area contributed by atoms with Crippen LogP contribution in [0.3, 0.4) is 0 Å². The van der Waals surface area contributed by atoms with Gasteiger partial charge in [0.1, 0.15) is 10.4 Å². The van der Waals surface area contributed by atoms with Crippen LogP contribution in [0.4, 0.5) is 0 Å². The molecule has 1 rings (SSSR count). The number of rotatable bonds is 4. The van der Waals surface area contributed by atoms with E-state index in [2.05, 4.69) is 9.72 Å². The Balaban J connectivity index is 2.93. The lowest BCUT2D eigenvalue weighted by Gasteiger charge is -2.18. The fourth-order valence-electron chi connectivity index (χ4n) is 1.03. The molecule has 0 amide bonds. The number of hydrogen-bond donors (Lipinski definition) is 1. The van der Waals surface area contributed by atoms with Crippen LogP contribution in [0.1, 0.15) is 24.3 Å². The molecule has 0 aliphatic heterocycles. The lowest BCUT2D eigenvalue weighted by atomic mass is 10.2. The van der Waals surface area contributed by atoms with E-state index in [-0.39, 0.29) is 5.69 Å². The Morgan fingerprint density at radius 3 is 2.65 bits per heavy atom. The molecule has 0 saturated carbocycles. The SMILES string of the molecule is COC(=O)c1cc(SC(C)(C)C(=O)O)ccn1. The number of aromatic nitrogens is 1. The molecule has 0 saturated heterocycles. The molecule has 0 spiro atoms. The van der Waals surface area contributed by atoms with Crippen LogP contribution in [0.25, 0.3) is 0 Å². The number of carbonyl (C=O) groups excluding carboxylic acids is 1. The molecule has 0 bridgehead atoms. The molecule has 0 aliphatic carbocycles. The summed E-state index contributed by atoms with van der Waals surface area (Å²) < 4.78 is 3.58. The molecule has 0 atom stereocenters. The van der Waals surface area contributed by atoms with Gasteiger partial charge in [-0.25, -0.2) is 9.78 Å². The molecular weight excluding hydrogens is 242 g/mol. The van der Waals surface area contributed by atoms with E-state index >= 15 is 0 Å². The topological polar surface area (TPSA) is 76.5 Å². The maximum atomic E-state index is 11.3. The summed E-state index contributed by atoms with van der Waals surface area (Å²) in [4.78, 5) is 26.7. The van der Waals surface area contributed by atoms with Crippen molar-refractivity contribution in [1.82, 2.24) is 4.98 Å².